The molecule has 1 aromatic rings. The van der Waals surface area contributed by atoms with Crippen molar-refractivity contribution in [3.05, 3.63) is 41.5 Å². The van der Waals surface area contributed by atoms with Crippen molar-refractivity contribution in [3.8, 4) is 0 Å². The number of rotatable bonds is 6. The Hall–Kier alpha value is -0.730. The van der Waals surface area contributed by atoms with Crippen LogP contribution in [0.1, 0.15) is 24.5 Å². The molecule has 0 spiro atoms. The van der Waals surface area contributed by atoms with Crippen LogP contribution in [0, 0.1) is 0 Å². The van der Waals surface area contributed by atoms with E-state index in [9.17, 15) is 0 Å². The molecule has 0 amide bonds. The normalized spacial score (nSPS) is 13.7. The molecule has 0 heterocycles. The summed E-state index contributed by atoms with van der Waals surface area (Å²) in [4.78, 5) is 1.39. The number of benzene rings is 1. The summed E-state index contributed by atoms with van der Waals surface area (Å²) < 4.78 is 0. The maximum atomic E-state index is 4.10. The van der Waals surface area contributed by atoms with Crippen molar-refractivity contribution in [3.63, 3.8) is 0 Å². The molecule has 1 N–H and O–H groups in total. The standard InChI is InChI=1S/C15H21NS/c1-3-16-10-12(2)11-17-15-8-7-13-5-4-6-14(13)9-15/h7-9,16H,2-6,10-11H2,1H3. The van der Waals surface area contributed by atoms with Crippen LogP contribution in [0.25, 0.3) is 0 Å². The number of thioether (sulfide) groups is 1. The maximum absolute atomic E-state index is 4.10. The molecular weight excluding hydrogens is 226 g/mol. The van der Waals surface area contributed by atoms with Crippen LogP contribution >= 0.6 is 11.8 Å². The van der Waals surface area contributed by atoms with Gasteiger partial charge in [-0.05, 0) is 49.1 Å². The zero-order valence-electron chi connectivity index (χ0n) is 10.6. The molecule has 0 unspecified atom stereocenters. The molecule has 0 bridgehead atoms. The summed E-state index contributed by atoms with van der Waals surface area (Å²) >= 11 is 1.91. The van der Waals surface area contributed by atoms with E-state index >= 15 is 0 Å². The molecule has 0 atom stereocenters. The van der Waals surface area contributed by atoms with Crippen LogP contribution in [-0.2, 0) is 12.8 Å². The molecule has 0 saturated heterocycles. The molecular formula is C15H21NS. The quantitative estimate of drug-likeness (QED) is 0.610. The molecule has 92 valence electrons. The maximum Gasteiger partial charge on any atom is 0.0200 e. The van der Waals surface area contributed by atoms with Gasteiger partial charge in [0.15, 0.2) is 0 Å². The number of likely N-dealkylation sites (N-methyl/N-ethyl adjacent to an activating group) is 1. The van der Waals surface area contributed by atoms with E-state index < -0.39 is 0 Å². The van der Waals surface area contributed by atoms with Gasteiger partial charge in [0.2, 0.25) is 0 Å². The minimum Gasteiger partial charge on any atom is -0.313 e. The van der Waals surface area contributed by atoms with Crippen molar-refractivity contribution >= 4 is 11.8 Å². The first kappa shape index (κ1) is 12.7. The van der Waals surface area contributed by atoms with Crippen LogP contribution < -0.4 is 5.32 Å². The highest BCUT2D eigenvalue weighted by molar-refractivity contribution is 7.99. The monoisotopic (exact) mass is 247 g/mol. The highest BCUT2D eigenvalue weighted by Gasteiger charge is 2.10. The lowest BCUT2D eigenvalue weighted by molar-refractivity contribution is 0.779. The van der Waals surface area contributed by atoms with Crippen LogP contribution in [0.15, 0.2) is 35.2 Å². The lowest BCUT2D eigenvalue weighted by Gasteiger charge is -2.07. The molecule has 1 aliphatic carbocycles. The summed E-state index contributed by atoms with van der Waals surface area (Å²) in [6, 6.07) is 6.93. The largest absolute Gasteiger partial charge is 0.313 e. The molecule has 0 aromatic heterocycles. The van der Waals surface area contributed by atoms with Gasteiger partial charge in [-0.25, -0.2) is 0 Å². The minimum absolute atomic E-state index is 0.939. The number of hydrogen-bond donors (Lipinski definition) is 1. The number of aryl methyl sites for hydroxylation is 2. The van der Waals surface area contributed by atoms with Gasteiger partial charge in [-0.3, -0.25) is 0 Å². The van der Waals surface area contributed by atoms with Crippen molar-refractivity contribution in [2.24, 2.45) is 0 Å². The number of hydrogen-bond acceptors (Lipinski definition) is 2. The molecule has 2 rings (SSSR count). The Morgan fingerprint density at radius 3 is 3.00 bits per heavy atom. The highest BCUT2D eigenvalue weighted by atomic mass is 32.2. The van der Waals surface area contributed by atoms with Crippen molar-refractivity contribution in [1.29, 1.82) is 0 Å². The first-order valence-corrected chi connectivity index (χ1v) is 7.40. The summed E-state index contributed by atoms with van der Waals surface area (Å²) in [6.45, 7) is 8.18. The van der Waals surface area contributed by atoms with Crippen LogP contribution in [0.2, 0.25) is 0 Å². The van der Waals surface area contributed by atoms with Crippen LogP contribution in [0.5, 0.6) is 0 Å². The molecule has 1 aromatic carbocycles. The van der Waals surface area contributed by atoms with Crippen molar-refractivity contribution in [2.45, 2.75) is 31.1 Å². The van der Waals surface area contributed by atoms with Gasteiger partial charge >= 0.3 is 0 Å². The number of nitrogens with one attached hydrogen (secondary N) is 1. The van der Waals surface area contributed by atoms with Gasteiger partial charge in [-0.15, -0.1) is 11.8 Å². The summed E-state index contributed by atoms with van der Waals surface area (Å²) in [5, 5.41) is 3.31. The third-order valence-electron chi connectivity index (χ3n) is 3.14. The summed E-state index contributed by atoms with van der Waals surface area (Å²) in [6.07, 6.45) is 3.87. The van der Waals surface area contributed by atoms with Gasteiger partial charge in [0.25, 0.3) is 0 Å². The molecule has 0 saturated carbocycles. The Morgan fingerprint density at radius 1 is 1.35 bits per heavy atom. The Bertz CT molecular complexity index is 398. The van der Waals surface area contributed by atoms with Gasteiger partial charge in [-0.2, -0.15) is 0 Å². The topological polar surface area (TPSA) is 12.0 Å². The van der Waals surface area contributed by atoms with E-state index in [0.717, 1.165) is 18.8 Å². The third-order valence-corrected chi connectivity index (χ3v) is 4.28. The van der Waals surface area contributed by atoms with Gasteiger partial charge in [0.05, 0.1) is 0 Å². The Balaban J connectivity index is 1.85. The third kappa shape index (κ3) is 3.62. The second kappa shape index (κ2) is 6.27. The summed E-state index contributed by atoms with van der Waals surface area (Å²) in [5.74, 6) is 1.02. The lowest BCUT2D eigenvalue weighted by atomic mass is 10.1. The molecule has 0 fully saturated rings. The fraction of sp³-hybridized carbons (Fsp3) is 0.467. The smallest absolute Gasteiger partial charge is 0.0200 e. The first-order chi connectivity index (χ1) is 8.29. The Morgan fingerprint density at radius 2 is 2.18 bits per heavy atom. The lowest BCUT2D eigenvalue weighted by Crippen LogP contribution is -2.16. The Kier molecular flexibility index (Phi) is 4.69. The SMILES string of the molecule is C=C(CNCC)CSc1ccc2c(c1)CCC2. The van der Waals surface area contributed by atoms with Gasteiger partial charge < -0.3 is 5.32 Å². The summed E-state index contributed by atoms with van der Waals surface area (Å²) in [5.41, 5.74) is 4.39. The van der Waals surface area contributed by atoms with Gasteiger partial charge in [0.1, 0.15) is 0 Å². The van der Waals surface area contributed by atoms with Gasteiger partial charge in [-0.1, -0.05) is 25.1 Å². The van der Waals surface area contributed by atoms with Crippen molar-refractivity contribution < 1.29 is 0 Å². The molecule has 1 aliphatic rings. The van der Waals surface area contributed by atoms with Crippen LogP contribution in [0.4, 0.5) is 0 Å². The first-order valence-electron chi connectivity index (χ1n) is 6.41. The zero-order chi connectivity index (χ0) is 12.1. The second-order valence-corrected chi connectivity index (χ2v) is 5.65. The van der Waals surface area contributed by atoms with E-state index in [-0.39, 0.29) is 0 Å². The van der Waals surface area contributed by atoms with Gasteiger partial charge in [0, 0.05) is 17.2 Å². The molecule has 0 radical (unpaired) electrons. The zero-order valence-corrected chi connectivity index (χ0v) is 11.4. The predicted octanol–water partition coefficient (Wildman–Crippen LogP) is 3.43. The van der Waals surface area contributed by atoms with E-state index in [1.54, 1.807) is 11.1 Å². The number of fused-ring (bicyclic) bond motifs is 1. The molecule has 2 heteroatoms. The fourth-order valence-electron chi connectivity index (χ4n) is 2.18. The van der Waals surface area contributed by atoms with E-state index in [2.05, 4.69) is 37.0 Å². The molecule has 0 aliphatic heterocycles. The fourth-order valence-corrected chi connectivity index (χ4v) is 3.04. The molecule has 1 nitrogen and oxygen atoms in total. The Labute approximate surface area is 109 Å². The average molecular weight is 247 g/mol. The van der Waals surface area contributed by atoms with E-state index in [4.69, 9.17) is 0 Å². The van der Waals surface area contributed by atoms with Crippen LogP contribution in [0.3, 0.4) is 0 Å². The van der Waals surface area contributed by atoms with E-state index in [1.807, 2.05) is 11.8 Å². The molecule has 17 heavy (non-hydrogen) atoms. The average Bonchev–Trinajstić information content (AvgIpc) is 2.81. The second-order valence-electron chi connectivity index (χ2n) is 4.60. The predicted molar refractivity (Wildman–Crippen MR) is 76.9 cm³/mol. The summed E-state index contributed by atoms with van der Waals surface area (Å²) in [7, 11) is 0. The van der Waals surface area contributed by atoms with E-state index in [0.29, 0.717) is 0 Å². The van der Waals surface area contributed by atoms with Crippen molar-refractivity contribution in [2.75, 3.05) is 18.8 Å². The minimum atomic E-state index is 0.939. The highest BCUT2D eigenvalue weighted by Crippen LogP contribution is 2.28. The van der Waals surface area contributed by atoms with E-state index in [1.165, 1.54) is 29.7 Å². The van der Waals surface area contributed by atoms with Crippen LogP contribution in [-0.4, -0.2) is 18.8 Å². The van der Waals surface area contributed by atoms with Crippen molar-refractivity contribution in [1.82, 2.24) is 5.32 Å².